The number of nitrogens with zero attached hydrogens (tertiary/aromatic N) is 3. The van der Waals surface area contributed by atoms with Gasteiger partial charge in [-0.3, -0.25) is 0 Å². The summed E-state index contributed by atoms with van der Waals surface area (Å²) in [7, 11) is 0. The minimum absolute atomic E-state index is 0.103. The number of benzene rings is 1. The van der Waals surface area contributed by atoms with Crippen LogP contribution < -0.4 is 5.32 Å². The molecule has 186 valence electrons. The van der Waals surface area contributed by atoms with Gasteiger partial charge < -0.3 is 20.2 Å². The van der Waals surface area contributed by atoms with E-state index in [2.05, 4.69) is 16.9 Å². The van der Waals surface area contributed by atoms with Crippen LogP contribution >= 0.6 is 0 Å². The summed E-state index contributed by atoms with van der Waals surface area (Å²) >= 11 is 0. The molecule has 0 aliphatic carbocycles. The number of fused-ring (bicyclic) bond motifs is 1. The van der Waals surface area contributed by atoms with Crippen LogP contribution in [-0.4, -0.2) is 57.9 Å². The summed E-state index contributed by atoms with van der Waals surface area (Å²) in [6.07, 6.45) is -0.577. The van der Waals surface area contributed by atoms with E-state index < -0.39 is 30.7 Å². The molecular formula is C24H23F5N4O2. The smallest absolute Gasteiger partial charge is 0.412 e. The van der Waals surface area contributed by atoms with Crippen LogP contribution in [-0.2, 0) is 0 Å². The van der Waals surface area contributed by atoms with Gasteiger partial charge in [-0.05, 0) is 37.1 Å². The number of alkyl halides is 5. The van der Waals surface area contributed by atoms with E-state index in [1.807, 2.05) is 0 Å². The summed E-state index contributed by atoms with van der Waals surface area (Å²) < 4.78 is 71.1. The average molecular weight is 494 g/mol. The fourth-order valence-corrected chi connectivity index (χ4v) is 4.27. The molecule has 1 fully saturated rings. The Kier molecular flexibility index (Phi) is 6.20. The van der Waals surface area contributed by atoms with Crippen LogP contribution in [0.2, 0.25) is 0 Å². The third-order valence-electron chi connectivity index (χ3n) is 5.84. The van der Waals surface area contributed by atoms with E-state index in [1.54, 1.807) is 13.1 Å². The van der Waals surface area contributed by atoms with Crippen molar-refractivity contribution in [2.45, 2.75) is 37.9 Å². The van der Waals surface area contributed by atoms with E-state index in [4.69, 9.17) is 0 Å². The fraction of sp³-hybridized carbons (Fsp3) is 0.333. The van der Waals surface area contributed by atoms with Crippen LogP contribution in [0.5, 0.6) is 0 Å². The lowest BCUT2D eigenvalue weighted by Gasteiger charge is -2.39. The van der Waals surface area contributed by atoms with Crippen molar-refractivity contribution < 1.29 is 31.9 Å². The molecule has 0 bridgehead atoms. The number of hydrogen-bond donors (Lipinski definition) is 2. The van der Waals surface area contributed by atoms with Gasteiger partial charge in [0.25, 0.3) is 5.92 Å². The molecule has 1 aromatic rings. The molecule has 1 saturated heterocycles. The second kappa shape index (κ2) is 8.86. The van der Waals surface area contributed by atoms with Gasteiger partial charge in [-0.1, -0.05) is 18.7 Å². The second-order valence-corrected chi connectivity index (χ2v) is 8.62. The lowest BCUT2D eigenvalue weighted by molar-refractivity contribution is -0.133. The normalized spacial score (nSPS) is 20.8. The van der Waals surface area contributed by atoms with Gasteiger partial charge in [0, 0.05) is 42.2 Å². The van der Waals surface area contributed by atoms with Gasteiger partial charge in [0.05, 0.1) is 12.1 Å². The molecule has 3 aliphatic heterocycles. The third kappa shape index (κ3) is 5.08. The number of aliphatic imine (C=N–C) groups is 1. The largest absolute Gasteiger partial charge is 0.478 e. The summed E-state index contributed by atoms with van der Waals surface area (Å²) in [6, 6.07) is 2.94. The molecule has 0 radical (unpaired) electrons. The zero-order valence-electron chi connectivity index (χ0n) is 18.7. The summed E-state index contributed by atoms with van der Waals surface area (Å²) in [4.78, 5) is 18.6. The maximum absolute atomic E-state index is 14.4. The van der Waals surface area contributed by atoms with E-state index in [0.717, 1.165) is 0 Å². The average Bonchev–Trinajstić information content (AvgIpc) is 2.76. The Balaban J connectivity index is 1.77. The van der Waals surface area contributed by atoms with Crippen molar-refractivity contribution in [2.75, 3.05) is 18.4 Å². The van der Waals surface area contributed by atoms with E-state index in [-0.39, 0.29) is 53.6 Å². The molecule has 1 atom stereocenters. The van der Waals surface area contributed by atoms with Crippen molar-refractivity contribution in [3.63, 3.8) is 0 Å². The standard InChI is InChI=1S/C24H23F5N4O2/c1-14-10-17(20(24(27,28)29)30-18-7-4-3-6-16(18)22(34)35)21-31-19(11-15(2)33(21)12-14)32-9-5-8-23(25,26)13-32/h3-4,6-7,10-12,20,30H,2,5,8-9,13H2,1H3,(H,34,35)/t20-/m0/s1. The first-order valence-electron chi connectivity index (χ1n) is 10.8. The number of rotatable bonds is 5. The number of para-hydroxylation sites is 1. The van der Waals surface area contributed by atoms with Crippen molar-refractivity contribution in [3.05, 3.63) is 77.4 Å². The Morgan fingerprint density at radius 2 is 1.97 bits per heavy atom. The second-order valence-electron chi connectivity index (χ2n) is 8.62. The SMILES string of the molecule is C=C1C=C(N2CCCC(F)(F)C2)N=C2C([C@H](Nc3ccccc3C(=O)O)C(F)(F)F)=CC(C)=CN12. The first-order valence-corrected chi connectivity index (χ1v) is 10.8. The lowest BCUT2D eigenvalue weighted by atomic mass is 9.97. The molecule has 35 heavy (non-hydrogen) atoms. The molecule has 2 N–H and O–H groups in total. The van der Waals surface area contributed by atoms with E-state index >= 15 is 0 Å². The minimum Gasteiger partial charge on any atom is -0.478 e. The number of halogens is 5. The number of aromatic carboxylic acids is 1. The van der Waals surface area contributed by atoms with E-state index in [0.29, 0.717) is 5.57 Å². The van der Waals surface area contributed by atoms with Gasteiger partial charge in [0.2, 0.25) is 0 Å². The molecule has 1 aromatic carbocycles. The Hall–Kier alpha value is -3.63. The minimum atomic E-state index is -4.84. The maximum atomic E-state index is 14.4. The number of carboxylic acid groups (broad SMARTS) is 1. The number of hydrogen-bond acceptors (Lipinski definition) is 5. The summed E-state index contributed by atoms with van der Waals surface area (Å²) in [6.45, 7) is 5.19. The van der Waals surface area contributed by atoms with Gasteiger partial charge in [-0.2, -0.15) is 13.2 Å². The first kappa shape index (κ1) is 24.5. The number of carboxylic acids is 1. The Morgan fingerprint density at radius 3 is 2.63 bits per heavy atom. The summed E-state index contributed by atoms with van der Waals surface area (Å²) in [5, 5.41) is 11.7. The van der Waals surface area contributed by atoms with Gasteiger partial charge >= 0.3 is 12.1 Å². The molecule has 0 aromatic heterocycles. The molecule has 3 aliphatic rings. The Morgan fingerprint density at radius 1 is 1.26 bits per heavy atom. The molecule has 3 heterocycles. The Bertz CT molecular complexity index is 1180. The van der Waals surface area contributed by atoms with Crippen LogP contribution in [0, 0.1) is 0 Å². The van der Waals surface area contributed by atoms with Gasteiger partial charge in [0.15, 0.2) is 6.04 Å². The highest BCUT2D eigenvalue weighted by atomic mass is 19.4. The molecule has 6 nitrogen and oxygen atoms in total. The molecule has 0 saturated carbocycles. The van der Waals surface area contributed by atoms with Gasteiger partial charge in [-0.15, -0.1) is 0 Å². The monoisotopic (exact) mass is 494 g/mol. The third-order valence-corrected chi connectivity index (χ3v) is 5.84. The lowest BCUT2D eigenvalue weighted by Crippen LogP contribution is -2.47. The van der Waals surface area contributed by atoms with Crippen molar-refractivity contribution in [1.82, 2.24) is 9.80 Å². The number of piperidine rings is 1. The van der Waals surface area contributed by atoms with Crippen LogP contribution in [0.1, 0.15) is 30.1 Å². The van der Waals surface area contributed by atoms with Crippen molar-refractivity contribution in [2.24, 2.45) is 4.99 Å². The molecular weight excluding hydrogens is 471 g/mol. The van der Waals surface area contributed by atoms with Gasteiger partial charge in [-0.25, -0.2) is 18.6 Å². The number of amidine groups is 1. The number of allylic oxidation sites excluding steroid dienone is 3. The number of anilines is 1. The quantitative estimate of drug-likeness (QED) is 0.539. The number of nitrogens with one attached hydrogen (secondary N) is 1. The predicted molar refractivity (Wildman–Crippen MR) is 121 cm³/mol. The van der Waals surface area contributed by atoms with E-state index in [9.17, 15) is 31.9 Å². The van der Waals surface area contributed by atoms with E-state index in [1.165, 1.54) is 46.2 Å². The molecule has 0 amide bonds. The highest BCUT2D eigenvalue weighted by molar-refractivity contribution is 6.05. The molecule has 4 rings (SSSR count). The van der Waals surface area contributed by atoms with Crippen LogP contribution in [0.15, 0.2) is 76.9 Å². The zero-order valence-corrected chi connectivity index (χ0v) is 18.7. The van der Waals surface area contributed by atoms with Crippen LogP contribution in [0.4, 0.5) is 27.6 Å². The molecule has 0 unspecified atom stereocenters. The summed E-state index contributed by atoms with van der Waals surface area (Å²) in [5.41, 5.74) is -0.0787. The highest BCUT2D eigenvalue weighted by Gasteiger charge is 2.46. The predicted octanol–water partition coefficient (Wildman–Crippen LogP) is 5.37. The highest BCUT2D eigenvalue weighted by Crippen LogP contribution is 2.37. The summed E-state index contributed by atoms with van der Waals surface area (Å²) in [5.74, 6) is -4.33. The van der Waals surface area contributed by atoms with Crippen molar-refractivity contribution in [1.29, 1.82) is 0 Å². The van der Waals surface area contributed by atoms with Gasteiger partial charge in [0.1, 0.15) is 11.7 Å². The zero-order chi connectivity index (χ0) is 25.5. The van der Waals surface area contributed by atoms with Crippen molar-refractivity contribution in [3.8, 4) is 0 Å². The fourth-order valence-electron chi connectivity index (χ4n) is 4.27. The first-order chi connectivity index (χ1) is 16.4. The Labute approximate surface area is 198 Å². The maximum Gasteiger partial charge on any atom is 0.412 e. The molecule has 0 spiro atoms. The number of carbonyl (C=O) groups is 1. The van der Waals surface area contributed by atoms with Crippen LogP contribution in [0.3, 0.4) is 0 Å². The topological polar surface area (TPSA) is 68.2 Å². The molecule has 11 heteroatoms. The van der Waals surface area contributed by atoms with Crippen LogP contribution in [0.25, 0.3) is 0 Å². The van der Waals surface area contributed by atoms with Crippen molar-refractivity contribution >= 4 is 17.5 Å². The number of likely N-dealkylation sites (tertiary alicyclic amines) is 1.